The zero-order valence-corrected chi connectivity index (χ0v) is 15.0. The van der Waals surface area contributed by atoms with Gasteiger partial charge in [-0.2, -0.15) is 0 Å². The number of aromatic nitrogens is 4. The monoisotopic (exact) mass is 376 g/mol. The van der Waals surface area contributed by atoms with Gasteiger partial charge in [-0.05, 0) is 35.0 Å². The SMILES string of the molecule is O=C(c1cccc(-n2cnnn2)c1)N1CCN([C@@H]2CCS(=O)(=O)C2)CC1. The highest BCUT2D eigenvalue weighted by atomic mass is 32.2. The maximum atomic E-state index is 12.8. The van der Waals surface area contributed by atoms with E-state index in [1.807, 2.05) is 17.0 Å². The first-order valence-corrected chi connectivity index (χ1v) is 10.4. The van der Waals surface area contributed by atoms with Crippen molar-refractivity contribution in [2.45, 2.75) is 12.5 Å². The third kappa shape index (κ3) is 3.47. The van der Waals surface area contributed by atoms with Gasteiger partial charge in [0.1, 0.15) is 6.33 Å². The minimum Gasteiger partial charge on any atom is -0.336 e. The first-order chi connectivity index (χ1) is 12.5. The second-order valence-corrected chi connectivity index (χ2v) is 8.92. The second kappa shape index (κ2) is 6.76. The number of rotatable bonds is 3. The van der Waals surface area contributed by atoms with Gasteiger partial charge in [-0.3, -0.25) is 9.69 Å². The molecule has 2 aromatic rings. The molecule has 3 heterocycles. The Labute approximate surface area is 151 Å². The van der Waals surface area contributed by atoms with Crippen LogP contribution in [0.2, 0.25) is 0 Å². The van der Waals surface area contributed by atoms with E-state index in [0.29, 0.717) is 38.2 Å². The zero-order chi connectivity index (χ0) is 18.1. The van der Waals surface area contributed by atoms with E-state index >= 15 is 0 Å². The van der Waals surface area contributed by atoms with Crippen molar-refractivity contribution in [2.75, 3.05) is 37.7 Å². The van der Waals surface area contributed by atoms with Crippen LogP contribution in [-0.2, 0) is 9.84 Å². The van der Waals surface area contributed by atoms with Crippen molar-refractivity contribution >= 4 is 15.7 Å². The van der Waals surface area contributed by atoms with Gasteiger partial charge in [0.2, 0.25) is 0 Å². The molecule has 1 atom stereocenters. The highest BCUT2D eigenvalue weighted by Gasteiger charge is 2.34. The molecular formula is C16H20N6O3S. The predicted molar refractivity (Wildman–Crippen MR) is 93.7 cm³/mol. The maximum absolute atomic E-state index is 12.8. The van der Waals surface area contributed by atoms with Gasteiger partial charge in [-0.25, -0.2) is 13.1 Å². The van der Waals surface area contributed by atoms with Crippen molar-refractivity contribution < 1.29 is 13.2 Å². The minimum atomic E-state index is -2.88. The molecule has 0 spiro atoms. The Balaban J connectivity index is 1.40. The molecule has 26 heavy (non-hydrogen) atoms. The summed E-state index contributed by atoms with van der Waals surface area (Å²) >= 11 is 0. The fourth-order valence-electron chi connectivity index (χ4n) is 3.60. The minimum absolute atomic E-state index is 0.0291. The number of hydrogen-bond acceptors (Lipinski definition) is 7. The molecule has 1 aromatic carbocycles. The molecule has 2 aliphatic rings. The molecular weight excluding hydrogens is 356 g/mol. The smallest absolute Gasteiger partial charge is 0.254 e. The van der Waals surface area contributed by atoms with Gasteiger partial charge in [-0.15, -0.1) is 5.10 Å². The average Bonchev–Trinajstić information content (AvgIpc) is 3.31. The molecule has 0 saturated carbocycles. The Kier molecular flexibility index (Phi) is 4.45. The summed E-state index contributed by atoms with van der Waals surface area (Å²) < 4.78 is 24.8. The van der Waals surface area contributed by atoms with Crippen LogP contribution in [0.4, 0.5) is 0 Å². The van der Waals surface area contributed by atoms with Crippen LogP contribution in [-0.4, -0.2) is 88.1 Å². The fourth-order valence-corrected chi connectivity index (χ4v) is 5.36. The van der Waals surface area contributed by atoms with E-state index in [4.69, 9.17) is 0 Å². The lowest BCUT2D eigenvalue weighted by molar-refractivity contribution is 0.0588. The summed E-state index contributed by atoms with van der Waals surface area (Å²) in [6, 6.07) is 7.30. The van der Waals surface area contributed by atoms with E-state index in [1.54, 1.807) is 12.1 Å². The first-order valence-electron chi connectivity index (χ1n) is 8.59. The summed E-state index contributed by atoms with van der Waals surface area (Å²) in [4.78, 5) is 16.8. The number of tetrazole rings is 1. The number of carbonyl (C=O) groups excluding carboxylic acids is 1. The van der Waals surface area contributed by atoms with E-state index in [-0.39, 0.29) is 23.5 Å². The lowest BCUT2D eigenvalue weighted by Gasteiger charge is -2.37. The van der Waals surface area contributed by atoms with Gasteiger partial charge in [0.15, 0.2) is 9.84 Å². The summed E-state index contributed by atoms with van der Waals surface area (Å²) in [5.41, 5.74) is 1.32. The zero-order valence-electron chi connectivity index (χ0n) is 14.2. The van der Waals surface area contributed by atoms with Crippen LogP contribution >= 0.6 is 0 Å². The fraction of sp³-hybridized carbons (Fsp3) is 0.500. The Morgan fingerprint density at radius 1 is 1.15 bits per heavy atom. The third-order valence-corrected chi connectivity index (χ3v) is 6.78. The van der Waals surface area contributed by atoms with E-state index in [2.05, 4.69) is 20.4 Å². The summed E-state index contributed by atoms with van der Waals surface area (Å²) in [5.74, 6) is 0.494. The van der Waals surface area contributed by atoms with Gasteiger partial charge in [0.25, 0.3) is 5.91 Å². The molecule has 10 heteroatoms. The molecule has 1 amide bonds. The van der Waals surface area contributed by atoms with E-state index < -0.39 is 9.84 Å². The number of carbonyl (C=O) groups is 1. The summed E-state index contributed by atoms with van der Waals surface area (Å²) in [6.07, 6.45) is 2.18. The van der Waals surface area contributed by atoms with Crippen molar-refractivity contribution in [3.63, 3.8) is 0 Å². The highest BCUT2D eigenvalue weighted by molar-refractivity contribution is 7.91. The van der Waals surface area contributed by atoms with Gasteiger partial charge in [-0.1, -0.05) is 6.07 Å². The first kappa shape index (κ1) is 17.1. The van der Waals surface area contributed by atoms with Crippen molar-refractivity contribution in [1.29, 1.82) is 0 Å². The van der Waals surface area contributed by atoms with Crippen LogP contribution in [0, 0.1) is 0 Å². The molecule has 9 nitrogen and oxygen atoms in total. The number of amides is 1. The van der Waals surface area contributed by atoms with Gasteiger partial charge in [0.05, 0.1) is 17.2 Å². The molecule has 0 aliphatic carbocycles. The van der Waals surface area contributed by atoms with Gasteiger partial charge >= 0.3 is 0 Å². The van der Waals surface area contributed by atoms with E-state index in [1.165, 1.54) is 11.0 Å². The van der Waals surface area contributed by atoms with Crippen molar-refractivity contribution in [1.82, 2.24) is 30.0 Å². The molecule has 1 aromatic heterocycles. The summed E-state index contributed by atoms with van der Waals surface area (Å²) in [6.45, 7) is 2.62. The highest BCUT2D eigenvalue weighted by Crippen LogP contribution is 2.20. The second-order valence-electron chi connectivity index (χ2n) is 6.69. The summed E-state index contributed by atoms with van der Waals surface area (Å²) in [7, 11) is -2.88. The Bertz CT molecular complexity index is 890. The molecule has 0 bridgehead atoms. The molecule has 2 fully saturated rings. The number of hydrogen-bond donors (Lipinski definition) is 0. The quantitative estimate of drug-likeness (QED) is 0.719. The molecule has 4 rings (SSSR count). The molecule has 2 saturated heterocycles. The number of sulfone groups is 1. The molecule has 0 N–H and O–H groups in total. The average molecular weight is 376 g/mol. The summed E-state index contributed by atoms with van der Waals surface area (Å²) in [5, 5.41) is 11.1. The Morgan fingerprint density at radius 3 is 2.62 bits per heavy atom. The lowest BCUT2D eigenvalue weighted by atomic mass is 10.1. The van der Waals surface area contributed by atoms with Crippen LogP contribution in [0.1, 0.15) is 16.8 Å². The molecule has 0 unspecified atom stereocenters. The normalized spacial score (nSPS) is 23.2. The van der Waals surface area contributed by atoms with Crippen LogP contribution in [0.25, 0.3) is 5.69 Å². The topological polar surface area (TPSA) is 101 Å². The van der Waals surface area contributed by atoms with E-state index in [9.17, 15) is 13.2 Å². The Hall–Kier alpha value is -2.33. The van der Waals surface area contributed by atoms with Crippen LogP contribution < -0.4 is 0 Å². The third-order valence-electron chi connectivity index (χ3n) is 5.03. The van der Waals surface area contributed by atoms with Crippen molar-refractivity contribution in [3.8, 4) is 5.69 Å². The van der Waals surface area contributed by atoms with Gasteiger partial charge < -0.3 is 4.90 Å². The van der Waals surface area contributed by atoms with Crippen LogP contribution in [0.15, 0.2) is 30.6 Å². The largest absolute Gasteiger partial charge is 0.336 e. The molecule has 138 valence electrons. The van der Waals surface area contributed by atoms with Gasteiger partial charge in [0, 0.05) is 37.8 Å². The number of benzene rings is 1. The predicted octanol–water partition coefficient (Wildman–Crippen LogP) is -0.393. The van der Waals surface area contributed by atoms with Crippen LogP contribution in [0.5, 0.6) is 0 Å². The standard InChI is InChI=1S/C16H20N6O3S/c23-16(13-2-1-3-14(10-13)22-12-17-18-19-22)21-7-5-20(6-8-21)15-4-9-26(24,25)11-15/h1-3,10,12,15H,4-9,11H2/t15-/m1/s1. The van der Waals surface area contributed by atoms with Crippen molar-refractivity contribution in [2.24, 2.45) is 0 Å². The maximum Gasteiger partial charge on any atom is 0.254 e. The molecule has 0 radical (unpaired) electrons. The van der Waals surface area contributed by atoms with E-state index in [0.717, 1.165) is 5.69 Å². The lowest BCUT2D eigenvalue weighted by Crippen LogP contribution is -2.52. The number of piperazine rings is 1. The van der Waals surface area contributed by atoms with Crippen LogP contribution in [0.3, 0.4) is 0 Å². The Morgan fingerprint density at radius 2 is 1.96 bits per heavy atom. The number of nitrogens with zero attached hydrogens (tertiary/aromatic N) is 6. The molecule has 2 aliphatic heterocycles. The van der Waals surface area contributed by atoms with Crippen molar-refractivity contribution in [3.05, 3.63) is 36.2 Å².